The van der Waals surface area contributed by atoms with E-state index in [0.717, 1.165) is 37.2 Å². The molecule has 3 heterocycles. The molecule has 0 amide bonds. The highest BCUT2D eigenvalue weighted by Crippen LogP contribution is 2.41. The topological polar surface area (TPSA) is 51.4 Å². The van der Waals surface area contributed by atoms with Gasteiger partial charge >= 0.3 is 12.4 Å². The number of halogens is 6. The smallest absolute Gasteiger partial charge is 0.417 e. The summed E-state index contributed by atoms with van der Waals surface area (Å²) in [6, 6.07) is 5.48. The fraction of sp³-hybridized carbons (Fsp3) is 0.450. The van der Waals surface area contributed by atoms with E-state index in [2.05, 4.69) is 4.98 Å². The second-order valence-corrected chi connectivity index (χ2v) is 7.66. The molecule has 1 unspecified atom stereocenters. The first kappa shape index (κ1) is 20.6. The third kappa shape index (κ3) is 3.99. The number of rotatable bonds is 3. The Balaban J connectivity index is 1.46. The maximum atomic E-state index is 12.8. The van der Waals surface area contributed by atoms with Crippen molar-refractivity contribution in [1.29, 1.82) is 0 Å². The minimum atomic E-state index is -4.48. The van der Waals surface area contributed by atoms with Gasteiger partial charge in [0, 0.05) is 31.1 Å². The molecule has 0 radical (unpaired) electrons. The molecule has 4 rings (SSSR count). The van der Waals surface area contributed by atoms with Gasteiger partial charge in [-0.25, -0.2) is 4.98 Å². The van der Waals surface area contributed by atoms with E-state index >= 15 is 0 Å². The number of nitrogens with zero attached hydrogens (tertiary/aromatic N) is 2. The summed E-state index contributed by atoms with van der Waals surface area (Å²) in [6.45, 7) is 0. The van der Waals surface area contributed by atoms with Crippen LogP contribution in [0.25, 0.3) is 0 Å². The zero-order valence-electron chi connectivity index (χ0n) is 15.7. The van der Waals surface area contributed by atoms with Crippen LogP contribution in [-0.2, 0) is 12.4 Å². The predicted octanol–water partition coefficient (Wildman–Crippen LogP) is 5.28. The molecule has 30 heavy (non-hydrogen) atoms. The van der Waals surface area contributed by atoms with Gasteiger partial charge in [-0.3, -0.25) is 0 Å². The van der Waals surface area contributed by atoms with Crippen molar-refractivity contribution in [2.24, 2.45) is 0 Å². The molecule has 0 aliphatic carbocycles. The Morgan fingerprint density at radius 3 is 2.00 bits per heavy atom. The first-order valence-electron chi connectivity index (χ1n) is 9.47. The summed E-state index contributed by atoms with van der Waals surface area (Å²) in [6.07, 6.45) is -5.48. The van der Waals surface area contributed by atoms with E-state index in [4.69, 9.17) is 10.5 Å². The Labute approximate surface area is 168 Å². The van der Waals surface area contributed by atoms with Gasteiger partial charge in [0.1, 0.15) is 17.7 Å². The molecule has 2 aliphatic heterocycles. The van der Waals surface area contributed by atoms with Gasteiger partial charge < -0.3 is 15.4 Å². The zero-order chi connectivity index (χ0) is 21.7. The van der Waals surface area contributed by atoms with E-state index in [9.17, 15) is 26.3 Å². The number of ether oxygens (including phenoxy) is 1. The molecule has 3 atom stereocenters. The van der Waals surface area contributed by atoms with Gasteiger partial charge in [-0.15, -0.1) is 0 Å². The Bertz CT molecular complexity index is 898. The lowest BCUT2D eigenvalue weighted by molar-refractivity contribution is -0.138. The van der Waals surface area contributed by atoms with Gasteiger partial charge in [-0.1, -0.05) is 0 Å². The van der Waals surface area contributed by atoms with Crippen LogP contribution in [0.3, 0.4) is 0 Å². The first-order valence-corrected chi connectivity index (χ1v) is 9.47. The van der Waals surface area contributed by atoms with E-state index in [1.54, 1.807) is 0 Å². The summed E-state index contributed by atoms with van der Waals surface area (Å²) < 4.78 is 82.6. The van der Waals surface area contributed by atoms with E-state index in [0.29, 0.717) is 18.7 Å². The van der Waals surface area contributed by atoms with Crippen LogP contribution in [0.2, 0.25) is 0 Å². The van der Waals surface area contributed by atoms with Crippen molar-refractivity contribution in [3.05, 3.63) is 47.7 Å². The standard InChI is InChI=1S/C20H19F6N3O/c21-19(22,23)11-1-5-17(16(27)7-11)30-15-8-13-3-4-14(9-15)29(13)18-6-2-12(10-28-18)20(24,25)26/h1-2,5-7,10,13-15H,3-4,8-9,27H2/t13-,14+,15?. The summed E-state index contributed by atoms with van der Waals surface area (Å²) >= 11 is 0. The molecular weight excluding hydrogens is 412 g/mol. The van der Waals surface area contributed by atoms with Crippen molar-refractivity contribution in [3.8, 4) is 5.75 Å². The molecule has 1 aromatic heterocycles. The van der Waals surface area contributed by atoms with Crippen molar-refractivity contribution in [2.75, 3.05) is 10.6 Å². The number of nitrogen functional groups attached to an aromatic ring is 1. The molecule has 2 fully saturated rings. The number of nitrogens with two attached hydrogens (primary N) is 1. The summed E-state index contributed by atoms with van der Waals surface area (Å²) in [7, 11) is 0. The molecule has 4 nitrogen and oxygen atoms in total. The van der Waals surface area contributed by atoms with Crippen molar-refractivity contribution in [2.45, 2.75) is 56.2 Å². The number of piperidine rings is 1. The van der Waals surface area contributed by atoms with Crippen LogP contribution in [0.5, 0.6) is 5.75 Å². The van der Waals surface area contributed by atoms with Gasteiger partial charge in [-0.05, 0) is 43.2 Å². The molecule has 0 saturated carbocycles. The molecule has 162 valence electrons. The minimum Gasteiger partial charge on any atom is -0.488 e. The highest BCUT2D eigenvalue weighted by molar-refractivity contribution is 5.55. The number of fused-ring (bicyclic) bond motifs is 2. The molecule has 2 aliphatic rings. The molecule has 10 heteroatoms. The molecule has 1 aromatic carbocycles. The minimum absolute atomic E-state index is 0.0358. The summed E-state index contributed by atoms with van der Waals surface area (Å²) in [4.78, 5) is 6.03. The van der Waals surface area contributed by atoms with Crippen LogP contribution in [0, 0.1) is 0 Å². The zero-order valence-corrected chi connectivity index (χ0v) is 15.7. The third-order valence-corrected chi connectivity index (χ3v) is 5.66. The Kier molecular flexibility index (Phi) is 4.98. The Hall–Kier alpha value is -2.65. The number of benzene rings is 1. The van der Waals surface area contributed by atoms with Crippen molar-refractivity contribution >= 4 is 11.5 Å². The monoisotopic (exact) mass is 431 g/mol. The van der Waals surface area contributed by atoms with Crippen LogP contribution in [-0.4, -0.2) is 23.2 Å². The first-order chi connectivity index (χ1) is 14.0. The average molecular weight is 431 g/mol. The highest BCUT2D eigenvalue weighted by atomic mass is 19.4. The Morgan fingerprint density at radius 2 is 1.50 bits per heavy atom. The van der Waals surface area contributed by atoms with Crippen molar-refractivity contribution in [3.63, 3.8) is 0 Å². The third-order valence-electron chi connectivity index (χ3n) is 5.66. The summed E-state index contributed by atoms with van der Waals surface area (Å²) in [5.74, 6) is 0.691. The fourth-order valence-corrected chi connectivity index (χ4v) is 4.32. The Morgan fingerprint density at radius 1 is 0.900 bits per heavy atom. The van der Waals surface area contributed by atoms with Crippen molar-refractivity contribution < 1.29 is 31.1 Å². The second-order valence-electron chi connectivity index (χ2n) is 7.66. The molecule has 2 N–H and O–H groups in total. The highest BCUT2D eigenvalue weighted by Gasteiger charge is 2.43. The number of alkyl halides is 6. The van der Waals surface area contributed by atoms with Crippen LogP contribution >= 0.6 is 0 Å². The SMILES string of the molecule is Nc1cc(C(F)(F)F)ccc1OC1C[C@H]2CC[C@@H](C1)N2c1ccc(C(F)(F)F)cn1. The van der Waals surface area contributed by atoms with E-state index in [-0.39, 0.29) is 29.6 Å². The molecule has 2 aromatic rings. The quantitative estimate of drug-likeness (QED) is 0.531. The number of hydrogen-bond donors (Lipinski definition) is 1. The van der Waals surface area contributed by atoms with Crippen LogP contribution < -0.4 is 15.4 Å². The molecule has 2 saturated heterocycles. The summed E-state index contributed by atoms with van der Waals surface area (Å²) in [5, 5.41) is 0. The van der Waals surface area contributed by atoms with Crippen molar-refractivity contribution in [1.82, 2.24) is 4.98 Å². The maximum absolute atomic E-state index is 12.8. The number of hydrogen-bond acceptors (Lipinski definition) is 4. The fourth-order valence-electron chi connectivity index (χ4n) is 4.32. The molecule has 2 bridgehead atoms. The number of anilines is 2. The van der Waals surface area contributed by atoms with E-state index < -0.39 is 23.5 Å². The lowest BCUT2D eigenvalue weighted by atomic mass is 9.99. The van der Waals surface area contributed by atoms with E-state index in [1.807, 2.05) is 4.90 Å². The van der Waals surface area contributed by atoms with Crippen LogP contribution in [0.1, 0.15) is 36.8 Å². The second kappa shape index (κ2) is 7.24. The maximum Gasteiger partial charge on any atom is 0.417 e. The van der Waals surface area contributed by atoms with Gasteiger partial charge in [0.05, 0.1) is 16.8 Å². The van der Waals surface area contributed by atoms with Gasteiger partial charge in [0.15, 0.2) is 0 Å². The molecular formula is C20H19F6N3O. The number of pyridine rings is 1. The summed E-state index contributed by atoms with van der Waals surface area (Å²) in [5.41, 5.74) is 4.04. The van der Waals surface area contributed by atoms with Crippen LogP contribution in [0.15, 0.2) is 36.5 Å². The average Bonchev–Trinajstić information content (AvgIpc) is 2.92. The lowest BCUT2D eigenvalue weighted by Gasteiger charge is -2.39. The van der Waals surface area contributed by atoms with Gasteiger partial charge in [-0.2, -0.15) is 26.3 Å². The normalized spacial score (nSPS) is 24.2. The van der Waals surface area contributed by atoms with Gasteiger partial charge in [0.25, 0.3) is 0 Å². The van der Waals surface area contributed by atoms with Gasteiger partial charge in [0.2, 0.25) is 0 Å². The largest absolute Gasteiger partial charge is 0.488 e. The number of aromatic nitrogens is 1. The lowest BCUT2D eigenvalue weighted by Crippen LogP contribution is -2.46. The molecule has 0 spiro atoms. The predicted molar refractivity (Wildman–Crippen MR) is 98.0 cm³/mol. The van der Waals surface area contributed by atoms with E-state index in [1.165, 1.54) is 12.1 Å². The van der Waals surface area contributed by atoms with Crippen LogP contribution in [0.4, 0.5) is 37.8 Å².